The lowest BCUT2D eigenvalue weighted by Crippen LogP contribution is -2.15. The highest BCUT2D eigenvalue weighted by molar-refractivity contribution is 5.76. The van der Waals surface area contributed by atoms with Gasteiger partial charge in [-0.15, -0.1) is 0 Å². The third-order valence-corrected chi connectivity index (χ3v) is 5.23. The van der Waals surface area contributed by atoms with Gasteiger partial charge in [-0.2, -0.15) is 0 Å². The largest absolute Gasteiger partial charge is 0.423 e. The van der Waals surface area contributed by atoms with E-state index in [1.807, 2.05) is 12.1 Å². The molecule has 0 bridgehead atoms. The molecule has 1 aromatic rings. The Labute approximate surface area is 183 Å². The standard InChI is InChI=1S/C26H42O4/c1-6-8-10-12-14-16-24(27)29-22-19-18-21(26(3,4)5)20-23(22)30-25(28)17-15-13-11-9-7-2/h18-20H,6-17H2,1-5H3. The third kappa shape index (κ3) is 10.8. The van der Waals surface area contributed by atoms with E-state index in [2.05, 4.69) is 34.6 Å². The number of ether oxygens (including phenoxy) is 2. The lowest BCUT2D eigenvalue weighted by atomic mass is 9.87. The highest BCUT2D eigenvalue weighted by Gasteiger charge is 2.20. The van der Waals surface area contributed by atoms with Crippen molar-refractivity contribution in [3.05, 3.63) is 23.8 Å². The van der Waals surface area contributed by atoms with Crippen LogP contribution >= 0.6 is 0 Å². The number of hydrogen-bond acceptors (Lipinski definition) is 4. The van der Waals surface area contributed by atoms with Gasteiger partial charge >= 0.3 is 11.9 Å². The zero-order valence-electron chi connectivity index (χ0n) is 19.9. The van der Waals surface area contributed by atoms with Crippen LogP contribution < -0.4 is 9.47 Å². The van der Waals surface area contributed by atoms with Gasteiger partial charge in [0.2, 0.25) is 0 Å². The Bertz CT molecular complexity index is 643. The maximum Gasteiger partial charge on any atom is 0.311 e. The van der Waals surface area contributed by atoms with Gasteiger partial charge < -0.3 is 9.47 Å². The van der Waals surface area contributed by atoms with Gasteiger partial charge in [0.25, 0.3) is 0 Å². The van der Waals surface area contributed by atoms with Crippen LogP contribution in [0.25, 0.3) is 0 Å². The second-order valence-electron chi connectivity index (χ2n) is 9.19. The van der Waals surface area contributed by atoms with Crippen LogP contribution in [-0.2, 0) is 15.0 Å². The minimum atomic E-state index is -0.271. The van der Waals surface area contributed by atoms with Gasteiger partial charge in [-0.1, -0.05) is 92.1 Å². The van der Waals surface area contributed by atoms with E-state index >= 15 is 0 Å². The van der Waals surface area contributed by atoms with Gasteiger partial charge in [-0.3, -0.25) is 9.59 Å². The van der Waals surface area contributed by atoms with Gasteiger partial charge in [0, 0.05) is 12.8 Å². The van der Waals surface area contributed by atoms with Crippen molar-refractivity contribution in [2.75, 3.05) is 0 Å². The first kappa shape index (κ1) is 26.2. The van der Waals surface area contributed by atoms with Crippen molar-refractivity contribution in [3.63, 3.8) is 0 Å². The molecule has 0 saturated carbocycles. The quantitative estimate of drug-likeness (QED) is 0.178. The second-order valence-corrected chi connectivity index (χ2v) is 9.19. The van der Waals surface area contributed by atoms with Gasteiger partial charge in [0.1, 0.15) is 0 Å². The third-order valence-electron chi connectivity index (χ3n) is 5.23. The second kappa shape index (κ2) is 14.2. The summed E-state index contributed by atoms with van der Waals surface area (Å²) in [6, 6.07) is 5.52. The van der Waals surface area contributed by atoms with Crippen molar-refractivity contribution < 1.29 is 19.1 Å². The van der Waals surface area contributed by atoms with Crippen molar-refractivity contribution in [1.82, 2.24) is 0 Å². The minimum absolute atomic E-state index is 0.0941. The first-order chi connectivity index (χ1) is 14.3. The van der Waals surface area contributed by atoms with Crippen molar-refractivity contribution in [2.45, 2.75) is 117 Å². The molecule has 4 nitrogen and oxygen atoms in total. The summed E-state index contributed by atoms with van der Waals surface area (Å²) in [6.45, 7) is 10.6. The van der Waals surface area contributed by atoms with E-state index in [0.717, 1.165) is 44.1 Å². The molecule has 0 aromatic heterocycles. The molecule has 0 amide bonds. The molecule has 0 aliphatic heterocycles. The van der Waals surface area contributed by atoms with Gasteiger partial charge in [0.05, 0.1) is 0 Å². The van der Waals surface area contributed by atoms with E-state index in [1.54, 1.807) is 6.07 Å². The summed E-state index contributed by atoms with van der Waals surface area (Å²) in [6.07, 6.45) is 11.5. The predicted molar refractivity (Wildman–Crippen MR) is 123 cm³/mol. The molecule has 0 spiro atoms. The summed E-state index contributed by atoms with van der Waals surface area (Å²) in [5, 5.41) is 0. The van der Waals surface area contributed by atoms with Crippen LogP contribution in [0.3, 0.4) is 0 Å². The fourth-order valence-electron chi connectivity index (χ4n) is 3.23. The van der Waals surface area contributed by atoms with E-state index in [1.165, 1.54) is 25.7 Å². The number of esters is 2. The molecule has 0 heterocycles. The van der Waals surface area contributed by atoms with Crippen LogP contribution in [0.15, 0.2) is 18.2 Å². The number of hydrogen-bond donors (Lipinski definition) is 0. The van der Waals surface area contributed by atoms with Crippen LogP contribution in [0.2, 0.25) is 0 Å². The number of carbonyl (C=O) groups is 2. The van der Waals surface area contributed by atoms with Crippen LogP contribution in [0.4, 0.5) is 0 Å². The molecule has 1 rings (SSSR count). The Morgan fingerprint density at radius 1 is 0.700 bits per heavy atom. The highest BCUT2D eigenvalue weighted by Crippen LogP contribution is 2.34. The highest BCUT2D eigenvalue weighted by atomic mass is 16.6. The normalized spacial score (nSPS) is 11.4. The summed E-state index contributed by atoms with van der Waals surface area (Å²) in [5.41, 5.74) is 0.941. The maximum absolute atomic E-state index is 12.4. The van der Waals surface area contributed by atoms with Crippen molar-refractivity contribution in [2.24, 2.45) is 0 Å². The molecule has 0 fully saturated rings. The number of unbranched alkanes of at least 4 members (excludes halogenated alkanes) is 8. The zero-order chi connectivity index (χ0) is 22.4. The fourth-order valence-corrected chi connectivity index (χ4v) is 3.23. The summed E-state index contributed by atoms with van der Waals surface area (Å²) in [4.78, 5) is 24.6. The van der Waals surface area contributed by atoms with Crippen LogP contribution in [0, 0.1) is 0 Å². The van der Waals surface area contributed by atoms with Crippen molar-refractivity contribution in [3.8, 4) is 11.5 Å². The van der Waals surface area contributed by atoms with E-state index in [-0.39, 0.29) is 17.4 Å². The molecule has 0 aliphatic rings. The summed E-state index contributed by atoms with van der Waals surface area (Å²) in [7, 11) is 0. The lowest BCUT2D eigenvalue weighted by Gasteiger charge is -2.21. The lowest BCUT2D eigenvalue weighted by molar-refractivity contribution is -0.137. The van der Waals surface area contributed by atoms with Gasteiger partial charge in [-0.05, 0) is 36.0 Å². The predicted octanol–water partition coefficient (Wildman–Crippen LogP) is 7.52. The number of carbonyl (C=O) groups excluding carboxylic acids is 2. The van der Waals surface area contributed by atoms with E-state index in [9.17, 15) is 9.59 Å². The smallest absolute Gasteiger partial charge is 0.311 e. The number of benzene rings is 1. The van der Waals surface area contributed by atoms with Gasteiger partial charge in [-0.25, -0.2) is 0 Å². The monoisotopic (exact) mass is 418 g/mol. The Kier molecular flexibility index (Phi) is 12.4. The van der Waals surface area contributed by atoms with Crippen LogP contribution in [-0.4, -0.2) is 11.9 Å². The average molecular weight is 419 g/mol. The van der Waals surface area contributed by atoms with Gasteiger partial charge in [0.15, 0.2) is 11.5 Å². The maximum atomic E-state index is 12.4. The Hall–Kier alpha value is -1.84. The molecular weight excluding hydrogens is 376 g/mol. The molecular formula is C26H42O4. The van der Waals surface area contributed by atoms with Crippen molar-refractivity contribution in [1.29, 1.82) is 0 Å². The Morgan fingerprint density at radius 3 is 1.63 bits per heavy atom. The molecule has 30 heavy (non-hydrogen) atoms. The molecule has 170 valence electrons. The van der Waals surface area contributed by atoms with E-state index < -0.39 is 0 Å². The average Bonchev–Trinajstić information content (AvgIpc) is 2.68. The summed E-state index contributed by atoms with van der Waals surface area (Å²) < 4.78 is 11.2. The van der Waals surface area contributed by atoms with E-state index in [0.29, 0.717) is 24.3 Å². The fraction of sp³-hybridized carbons (Fsp3) is 0.692. The molecule has 4 heteroatoms. The summed E-state index contributed by atoms with van der Waals surface area (Å²) >= 11 is 0. The number of rotatable bonds is 14. The SMILES string of the molecule is CCCCCCCC(=O)Oc1ccc(C(C)(C)C)cc1OC(=O)CCCCCCC. The molecule has 0 aliphatic carbocycles. The molecule has 0 radical (unpaired) electrons. The molecule has 0 saturated heterocycles. The van der Waals surface area contributed by atoms with Crippen molar-refractivity contribution >= 4 is 11.9 Å². The molecule has 0 N–H and O–H groups in total. The van der Waals surface area contributed by atoms with E-state index in [4.69, 9.17) is 9.47 Å². The van der Waals surface area contributed by atoms with Crippen LogP contribution in [0.1, 0.15) is 117 Å². The van der Waals surface area contributed by atoms with Crippen LogP contribution in [0.5, 0.6) is 11.5 Å². The Morgan fingerprint density at radius 2 is 1.17 bits per heavy atom. The Balaban J connectivity index is 2.73. The molecule has 0 atom stereocenters. The zero-order valence-corrected chi connectivity index (χ0v) is 19.9. The first-order valence-corrected chi connectivity index (χ1v) is 11.8. The summed E-state index contributed by atoms with van der Waals surface area (Å²) in [5.74, 6) is 0.141. The topological polar surface area (TPSA) is 52.6 Å². The molecule has 1 aromatic carbocycles. The molecule has 0 unspecified atom stereocenters. The minimum Gasteiger partial charge on any atom is -0.423 e. The first-order valence-electron chi connectivity index (χ1n) is 11.8.